The molecule has 0 aromatic heterocycles. The van der Waals surface area contributed by atoms with Crippen LogP contribution in [0.5, 0.6) is 0 Å². The standard InChI is InChI=1S/C16H22N2O/c1-17-14-10-11-18(15-9-5-4-8-13(14)15)16(19)12-6-2-3-7-12/h4-5,8-9,12,14,17H,2-3,6-7,10-11H2,1H3. The highest BCUT2D eigenvalue weighted by molar-refractivity contribution is 5.96. The van der Waals surface area contributed by atoms with Crippen LogP contribution in [-0.4, -0.2) is 19.5 Å². The lowest BCUT2D eigenvalue weighted by molar-refractivity contribution is -0.122. The smallest absolute Gasteiger partial charge is 0.230 e. The van der Waals surface area contributed by atoms with E-state index in [0.717, 1.165) is 31.5 Å². The topological polar surface area (TPSA) is 32.3 Å². The van der Waals surface area contributed by atoms with Crippen LogP contribution in [0.3, 0.4) is 0 Å². The van der Waals surface area contributed by atoms with Gasteiger partial charge in [0.15, 0.2) is 0 Å². The minimum Gasteiger partial charge on any atom is -0.313 e. The SMILES string of the molecule is CNC1CCN(C(=O)C2CCCC2)c2ccccc21. The van der Waals surface area contributed by atoms with Crippen molar-refractivity contribution in [2.45, 2.75) is 38.1 Å². The Bertz CT molecular complexity index is 466. The molecule has 1 aliphatic heterocycles. The average molecular weight is 258 g/mol. The molecule has 102 valence electrons. The summed E-state index contributed by atoms with van der Waals surface area (Å²) in [5, 5.41) is 3.35. The van der Waals surface area contributed by atoms with E-state index in [1.807, 2.05) is 18.0 Å². The number of hydrogen-bond donors (Lipinski definition) is 1. The van der Waals surface area contributed by atoms with Gasteiger partial charge in [-0.25, -0.2) is 0 Å². The molecule has 1 aromatic carbocycles. The van der Waals surface area contributed by atoms with Crippen molar-refractivity contribution < 1.29 is 4.79 Å². The van der Waals surface area contributed by atoms with Crippen molar-refractivity contribution in [1.29, 1.82) is 0 Å². The monoisotopic (exact) mass is 258 g/mol. The summed E-state index contributed by atoms with van der Waals surface area (Å²) in [5.74, 6) is 0.610. The molecule has 2 aliphatic rings. The van der Waals surface area contributed by atoms with Crippen LogP contribution in [0.2, 0.25) is 0 Å². The second-order valence-electron chi connectivity index (χ2n) is 5.66. The van der Waals surface area contributed by atoms with Gasteiger partial charge in [-0.05, 0) is 37.9 Å². The Balaban J connectivity index is 1.89. The molecule has 3 nitrogen and oxygen atoms in total. The first kappa shape index (κ1) is 12.7. The average Bonchev–Trinajstić information content (AvgIpc) is 2.99. The highest BCUT2D eigenvalue weighted by atomic mass is 16.2. The number of nitrogens with one attached hydrogen (secondary N) is 1. The molecular formula is C16H22N2O. The van der Waals surface area contributed by atoms with Gasteiger partial charge >= 0.3 is 0 Å². The fourth-order valence-electron chi connectivity index (χ4n) is 3.48. The lowest BCUT2D eigenvalue weighted by Crippen LogP contribution is -2.41. The van der Waals surface area contributed by atoms with E-state index in [1.54, 1.807) is 0 Å². The molecule has 0 saturated heterocycles. The first-order valence-electron chi connectivity index (χ1n) is 7.39. The maximum Gasteiger partial charge on any atom is 0.230 e. The molecule has 0 bridgehead atoms. The van der Waals surface area contributed by atoms with Gasteiger partial charge in [0.05, 0.1) is 0 Å². The van der Waals surface area contributed by atoms with Crippen LogP contribution in [0, 0.1) is 5.92 Å². The summed E-state index contributed by atoms with van der Waals surface area (Å²) in [4.78, 5) is 14.7. The van der Waals surface area contributed by atoms with Crippen molar-refractivity contribution in [3.63, 3.8) is 0 Å². The van der Waals surface area contributed by atoms with E-state index in [4.69, 9.17) is 0 Å². The van der Waals surface area contributed by atoms with E-state index in [-0.39, 0.29) is 5.92 Å². The summed E-state index contributed by atoms with van der Waals surface area (Å²) < 4.78 is 0. The zero-order chi connectivity index (χ0) is 13.2. The van der Waals surface area contributed by atoms with Crippen molar-refractivity contribution in [1.82, 2.24) is 5.32 Å². The van der Waals surface area contributed by atoms with Gasteiger partial charge in [0.1, 0.15) is 0 Å². The van der Waals surface area contributed by atoms with Crippen molar-refractivity contribution in [3.05, 3.63) is 29.8 Å². The Hall–Kier alpha value is -1.35. The van der Waals surface area contributed by atoms with Gasteiger partial charge in [0, 0.05) is 24.2 Å². The summed E-state index contributed by atoms with van der Waals surface area (Å²) in [7, 11) is 2.00. The normalized spacial score (nSPS) is 23.4. The molecule has 0 radical (unpaired) electrons. The van der Waals surface area contributed by atoms with E-state index in [1.165, 1.54) is 18.4 Å². The summed E-state index contributed by atoms with van der Waals surface area (Å²) in [6.45, 7) is 0.845. The Kier molecular flexibility index (Phi) is 3.56. The number of carbonyl (C=O) groups is 1. The van der Waals surface area contributed by atoms with E-state index < -0.39 is 0 Å². The number of benzene rings is 1. The third kappa shape index (κ3) is 2.27. The van der Waals surface area contributed by atoms with Gasteiger partial charge < -0.3 is 10.2 Å². The molecule has 1 N–H and O–H groups in total. The quantitative estimate of drug-likeness (QED) is 0.884. The minimum absolute atomic E-state index is 0.263. The number of amides is 1. The second kappa shape index (κ2) is 5.33. The molecule has 1 fully saturated rings. The van der Waals surface area contributed by atoms with Crippen LogP contribution >= 0.6 is 0 Å². The lowest BCUT2D eigenvalue weighted by atomic mass is 9.95. The number of nitrogens with zero attached hydrogens (tertiary/aromatic N) is 1. The van der Waals surface area contributed by atoms with Crippen LogP contribution in [0.4, 0.5) is 5.69 Å². The second-order valence-corrected chi connectivity index (χ2v) is 5.66. The molecule has 3 heteroatoms. The van der Waals surface area contributed by atoms with Gasteiger partial charge in [-0.1, -0.05) is 31.0 Å². The van der Waals surface area contributed by atoms with E-state index in [0.29, 0.717) is 11.9 Å². The number of para-hydroxylation sites is 1. The number of fused-ring (bicyclic) bond motifs is 1. The molecule has 1 atom stereocenters. The first-order valence-corrected chi connectivity index (χ1v) is 7.39. The van der Waals surface area contributed by atoms with Crippen LogP contribution in [0.1, 0.15) is 43.7 Å². The maximum atomic E-state index is 12.7. The lowest BCUT2D eigenvalue weighted by Gasteiger charge is -2.35. The van der Waals surface area contributed by atoms with E-state index >= 15 is 0 Å². The van der Waals surface area contributed by atoms with Gasteiger partial charge in [-0.15, -0.1) is 0 Å². The predicted molar refractivity (Wildman–Crippen MR) is 77.2 cm³/mol. The van der Waals surface area contributed by atoms with Crippen LogP contribution in [0.15, 0.2) is 24.3 Å². The van der Waals surface area contributed by atoms with Crippen LogP contribution in [0.25, 0.3) is 0 Å². The van der Waals surface area contributed by atoms with E-state index in [2.05, 4.69) is 23.5 Å². The van der Waals surface area contributed by atoms with Crippen molar-refractivity contribution in [2.75, 3.05) is 18.5 Å². The Morgan fingerprint density at radius 2 is 1.95 bits per heavy atom. The number of anilines is 1. The zero-order valence-corrected chi connectivity index (χ0v) is 11.6. The van der Waals surface area contributed by atoms with E-state index in [9.17, 15) is 4.79 Å². The maximum absolute atomic E-state index is 12.7. The Morgan fingerprint density at radius 3 is 2.68 bits per heavy atom. The van der Waals surface area contributed by atoms with Crippen molar-refractivity contribution in [2.24, 2.45) is 5.92 Å². The van der Waals surface area contributed by atoms with Crippen LogP contribution in [-0.2, 0) is 4.79 Å². The van der Waals surface area contributed by atoms with Gasteiger partial charge in [-0.3, -0.25) is 4.79 Å². The summed E-state index contributed by atoms with van der Waals surface area (Å²) in [5.41, 5.74) is 2.38. The molecule has 1 aromatic rings. The van der Waals surface area contributed by atoms with Crippen LogP contribution < -0.4 is 10.2 Å². The summed E-state index contributed by atoms with van der Waals surface area (Å²) in [6, 6.07) is 8.71. The third-order valence-corrected chi connectivity index (χ3v) is 4.56. The minimum atomic E-state index is 0.263. The zero-order valence-electron chi connectivity index (χ0n) is 11.6. The largest absolute Gasteiger partial charge is 0.313 e. The number of hydrogen-bond acceptors (Lipinski definition) is 2. The summed E-state index contributed by atoms with van der Waals surface area (Å²) in [6.07, 6.45) is 5.59. The molecule has 1 heterocycles. The fourth-order valence-corrected chi connectivity index (χ4v) is 3.48. The molecular weight excluding hydrogens is 236 g/mol. The molecule has 3 rings (SSSR count). The molecule has 19 heavy (non-hydrogen) atoms. The third-order valence-electron chi connectivity index (χ3n) is 4.56. The highest BCUT2D eigenvalue weighted by Gasteiger charge is 2.32. The van der Waals surface area contributed by atoms with Gasteiger partial charge in [-0.2, -0.15) is 0 Å². The summed E-state index contributed by atoms with van der Waals surface area (Å²) >= 11 is 0. The highest BCUT2D eigenvalue weighted by Crippen LogP contribution is 2.36. The van der Waals surface area contributed by atoms with Gasteiger partial charge in [0.25, 0.3) is 0 Å². The van der Waals surface area contributed by atoms with Gasteiger partial charge in [0.2, 0.25) is 5.91 Å². The van der Waals surface area contributed by atoms with Crippen molar-refractivity contribution in [3.8, 4) is 0 Å². The molecule has 1 saturated carbocycles. The molecule has 1 aliphatic carbocycles. The molecule has 1 amide bonds. The molecule has 1 unspecified atom stereocenters. The first-order chi connectivity index (χ1) is 9.31. The number of rotatable bonds is 2. The molecule has 0 spiro atoms. The predicted octanol–water partition coefficient (Wildman–Crippen LogP) is 2.87. The Labute approximate surface area is 115 Å². The number of carbonyl (C=O) groups excluding carboxylic acids is 1. The fraction of sp³-hybridized carbons (Fsp3) is 0.562. The van der Waals surface area contributed by atoms with Crippen molar-refractivity contribution >= 4 is 11.6 Å². The Morgan fingerprint density at radius 1 is 1.21 bits per heavy atom.